The lowest BCUT2D eigenvalue weighted by molar-refractivity contribution is -0.137. The third-order valence-corrected chi connectivity index (χ3v) is 3.50. The number of benzene rings is 1. The molecule has 23 heavy (non-hydrogen) atoms. The zero-order valence-corrected chi connectivity index (χ0v) is 12.2. The second-order valence-electron chi connectivity index (χ2n) is 4.81. The van der Waals surface area contributed by atoms with E-state index in [9.17, 15) is 27.6 Å². The van der Waals surface area contributed by atoms with Crippen molar-refractivity contribution in [3.05, 3.63) is 28.8 Å². The molecule has 0 radical (unpaired) electrons. The lowest BCUT2D eigenvalue weighted by Gasteiger charge is -2.12. The van der Waals surface area contributed by atoms with Crippen molar-refractivity contribution in [1.82, 2.24) is 10.9 Å². The quantitative estimate of drug-likeness (QED) is 0.725. The van der Waals surface area contributed by atoms with E-state index in [4.69, 9.17) is 11.6 Å². The number of carbonyl (C=O) groups is 3. The molecule has 0 aliphatic carbocycles. The monoisotopic (exact) mass is 349 g/mol. The van der Waals surface area contributed by atoms with Crippen molar-refractivity contribution < 1.29 is 27.6 Å². The van der Waals surface area contributed by atoms with Crippen LogP contribution in [0.3, 0.4) is 0 Å². The van der Waals surface area contributed by atoms with Crippen LogP contribution in [0.4, 0.5) is 18.9 Å². The molecule has 3 N–H and O–H groups in total. The summed E-state index contributed by atoms with van der Waals surface area (Å²) < 4.78 is 37.9. The molecular weight excluding hydrogens is 339 g/mol. The molecule has 0 unspecified atom stereocenters. The number of halogens is 4. The Labute approximate surface area is 133 Å². The van der Waals surface area contributed by atoms with E-state index < -0.39 is 35.4 Å². The third-order valence-electron chi connectivity index (χ3n) is 3.17. The molecule has 0 spiro atoms. The molecule has 10 heteroatoms. The summed E-state index contributed by atoms with van der Waals surface area (Å²) in [7, 11) is 0. The highest BCUT2D eigenvalue weighted by Crippen LogP contribution is 2.33. The second-order valence-corrected chi connectivity index (χ2v) is 5.22. The highest BCUT2D eigenvalue weighted by atomic mass is 35.5. The molecule has 124 valence electrons. The predicted octanol–water partition coefficient (Wildman–Crippen LogP) is 1.85. The summed E-state index contributed by atoms with van der Waals surface area (Å²) in [5.74, 6) is -2.77. The highest BCUT2D eigenvalue weighted by Gasteiger charge is 2.33. The molecule has 3 amide bonds. The van der Waals surface area contributed by atoms with Gasteiger partial charge in [-0.2, -0.15) is 13.2 Å². The van der Waals surface area contributed by atoms with Crippen molar-refractivity contribution in [2.24, 2.45) is 5.92 Å². The lowest BCUT2D eigenvalue weighted by Crippen LogP contribution is -2.28. The Balaban J connectivity index is 2.00. The number of anilines is 1. The Morgan fingerprint density at radius 3 is 2.39 bits per heavy atom. The number of carbonyl (C=O) groups excluding carboxylic acids is 3. The molecule has 6 nitrogen and oxygen atoms in total. The SMILES string of the molecule is O=C(CCC1C(=O)NNC1=O)Nc1cc(C(F)(F)F)ccc1Cl. The van der Waals surface area contributed by atoms with Crippen molar-refractivity contribution in [2.75, 3.05) is 5.32 Å². The topological polar surface area (TPSA) is 87.3 Å². The maximum Gasteiger partial charge on any atom is 0.416 e. The van der Waals surface area contributed by atoms with Crippen LogP contribution in [-0.4, -0.2) is 17.7 Å². The fourth-order valence-electron chi connectivity index (χ4n) is 1.96. The van der Waals surface area contributed by atoms with Crippen LogP contribution < -0.4 is 16.2 Å². The molecule has 1 heterocycles. The van der Waals surface area contributed by atoms with E-state index in [-0.39, 0.29) is 23.6 Å². The Hall–Kier alpha value is -2.29. The van der Waals surface area contributed by atoms with Gasteiger partial charge >= 0.3 is 6.18 Å². The van der Waals surface area contributed by atoms with Crippen molar-refractivity contribution in [3.63, 3.8) is 0 Å². The molecule has 2 rings (SSSR count). The summed E-state index contributed by atoms with van der Waals surface area (Å²) in [4.78, 5) is 34.4. The minimum absolute atomic E-state index is 0.0531. The Kier molecular flexibility index (Phi) is 4.79. The van der Waals surface area contributed by atoms with Crippen LogP contribution in [0.25, 0.3) is 0 Å². The first-order valence-corrected chi connectivity index (χ1v) is 6.82. The van der Waals surface area contributed by atoms with Gasteiger partial charge in [0.25, 0.3) is 11.8 Å². The van der Waals surface area contributed by atoms with Crippen LogP contribution in [0.2, 0.25) is 5.02 Å². The van der Waals surface area contributed by atoms with Crippen molar-refractivity contribution in [3.8, 4) is 0 Å². The summed E-state index contributed by atoms with van der Waals surface area (Å²) in [5, 5.41) is 2.19. The van der Waals surface area contributed by atoms with E-state index in [2.05, 4.69) is 16.2 Å². The van der Waals surface area contributed by atoms with Gasteiger partial charge in [-0.25, -0.2) is 0 Å². The van der Waals surface area contributed by atoms with E-state index in [0.717, 1.165) is 18.2 Å². The second kappa shape index (κ2) is 6.45. The van der Waals surface area contributed by atoms with E-state index in [0.29, 0.717) is 0 Å². The van der Waals surface area contributed by atoms with Crippen LogP contribution in [0.15, 0.2) is 18.2 Å². The van der Waals surface area contributed by atoms with Gasteiger partial charge < -0.3 is 5.32 Å². The zero-order chi connectivity index (χ0) is 17.2. The summed E-state index contributed by atoms with van der Waals surface area (Å²) >= 11 is 5.75. The number of rotatable bonds is 4. The standard InChI is InChI=1S/C13H11ClF3N3O3/c14-8-3-1-6(13(15,16)17)5-9(8)18-10(21)4-2-7-11(22)19-20-12(7)23/h1,3,5,7H,2,4H2,(H,18,21)(H,19,22)(H,20,23). The van der Waals surface area contributed by atoms with Crippen LogP contribution in [0.1, 0.15) is 18.4 Å². The van der Waals surface area contributed by atoms with Crippen molar-refractivity contribution in [2.45, 2.75) is 19.0 Å². The van der Waals surface area contributed by atoms with Gasteiger partial charge in [0.1, 0.15) is 5.92 Å². The Bertz CT molecular complexity index is 648. The number of alkyl halides is 3. The number of hydrogen-bond donors (Lipinski definition) is 3. The number of hydrazine groups is 1. The summed E-state index contributed by atoms with van der Waals surface area (Å²) in [6.07, 6.45) is -4.86. The van der Waals surface area contributed by atoms with Gasteiger partial charge in [-0.1, -0.05) is 11.6 Å². The van der Waals surface area contributed by atoms with Gasteiger partial charge in [-0.15, -0.1) is 0 Å². The molecule has 0 bridgehead atoms. The fourth-order valence-corrected chi connectivity index (χ4v) is 2.13. The molecule has 0 atom stereocenters. The first kappa shape index (κ1) is 17.1. The first-order chi connectivity index (χ1) is 10.7. The van der Waals surface area contributed by atoms with Gasteiger partial charge in [0.15, 0.2) is 0 Å². The average molecular weight is 350 g/mol. The molecule has 0 saturated carbocycles. The number of hydrogen-bond acceptors (Lipinski definition) is 3. The van der Waals surface area contributed by atoms with Crippen molar-refractivity contribution >= 4 is 35.0 Å². The Morgan fingerprint density at radius 2 is 1.83 bits per heavy atom. The van der Waals surface area contributed by atoms with E-state index in [1.165, 1.54) is 0 Å². The summed E-state index contributed by atoms with van der Waals surface area (Å²) in [5.41, 5.74) is 3.08. The van der Waals surface area contributed by atoms with Gasteiger partial charge in [-0.3, -0.25) is 25.2 Å². The van der Waals surface area contributed by atoms with Crippen molar-refractivity contribution in [1.29, 1.82) is 0 Å². The van der Waals surface area contributed by atoms with Gasteiger partial charge in [0.2, 0.25) is 5.91 Å². The van der Waals surface area contributed by atoms with Crippen LogP contribution in [-0.2, 0) is 20.6 Å². The fraction of sp³-hybridized carbons (Fsp3) is 0.308. The van der Waals surface area contributed by atoms with Gasteiger partial charge in [0.05, 0.1) is 16.3 Å². The minimum Gasteiger partial charge on any atom is -0.325 e. The molecule has 1 aliphatic rings. The number of amides is 3. The van der Waals surface area contributed by atoms with E-state index >= 15 is 0 Å². The van der Waals surface area contributed by atoms with Crippen LogP contribution in [0, 0.1) is 5.92 Å². The minimum atomic E-state index is -4.57. The summed E-state index contributed by atoms with van der Waals surface area (Å²) in [6, 6.07) is 2.54. The largest absolute Gasteiger partial charge is 0.416 e. The molecule has 1 saturated heterocycles. The first-order valence-electron chi connectivity index (χ1n) is 6.45. The van der Waals surface area contributed by atoms with Gasteiger partial charge in [-0.05, 0) is 24.6 Å². The third kappa shape index (κ3) is 4.13. The maximum absolute atomic E-state index is 12.6. The average Bonchev–Trinajstić information content (AvgIpc) is 2.77. The normalized spacial score (nSPS) is 15.3. The molecule has 1 aromatic rings. The predicted molar refractivity (Wildman–Crippen MR) is 74.1 cm³/mol. The zero-order valence-electron chi connectivity index (χ0n) is 11.5. The van der Waals surface area contributed by atoms with E-state index in [1.807, 2.05) is 0 Å². The summed E-state index contributed by atoms with van der Waals surface area (Å²) in [6.45, 7) is 0. The maximum atomic E-state index is 12.6. The molecule has 1 fully saturated rings. The van der Waals surface area contributed by atoms with Gasteiger partial charge in [0, 0.05) is 6.42 Å². The van der Waals surface area contributed by atoms with Crippen LogP contribution in [0.5, 0.6) is 0 Å². The van der Waals surface area contributed by atoms with Crippen LogP contribution >= 0.6 is 11.6 Å². The molecule has 1 aromatic carbocycles. The Morgan fingerprint density at radius 1 is 1.22 bits per heavy atom. The smallest absolute Gasteiger partial charge is 0.325 e. The molecule has 1 aliphatic heterocycles. The lowest BCUT2D eigenvalue weighted by atomic mass is 10.0. The van der Waals surface area contributed by atoms with E-state index in [1.54, 1.807) is 0 Å². The highest BCUT2D eigenvalue weighted by molar-refractivity contribution is 6.33. The number of nitrogens with one attached hydrogen (secondary N) is 3. The molecular formula is C13H11ClF3N3O3. The molecule has 0 aromatic heterocycles.